The number of nitrogen functional groups attached to an aromatic ring is 1. The van der Waals surface area contributed by atoms with Crippen LogP contribution in [-0.4, -0.2) is 18.1 Å². The second-order valence-electron chi connectivity index (χ2n) is 6.37. The zero-order valence-electron chi connectivity index (χ0n) is 12.7. The molecule has 0 unspecified atom stereocenters. The monoisotopic (exact) mass is 347 g/mol. The van der Waals surface area contributed by atoms with Crippen molar-refractivity contribution in [3.63, 3.8) is 0 Å². The Balaban J connectivity index is 2.01. The van der Waals surface area contributed by atoms with E-state index < -0.39 is 0 Å². The molecule has 0 bridgehead atoms. The van der Waals surface area contributed by atoms with Gasteiger partial charge < -0.3 is 10.6 Å². The van der Waals surface area contributed by atoms with Gasteiger partial charge in [0.05, 0.1) is 23.1 Å². The van der Waals surface area contributed by atoms with Gasteiger partial charge >= 0.3 is 0 Å². The molecule has 0 radical (unpaired) electrons. The Labute approximate surface area is 134 Å². The fourth-order valence-corrected chi connectivity index (χ4v) is 3.50. The van der Waals surface area contributed by atoms with Gasteiger partial charge in [-0.25, -0.2) is 0 Å². The van der Waals surface area contributed by atoms with E-state index in [2.05, 4.69) is 45.7 Å². The van der Waals surface area contributed by atoms with Crippen LogP contribution in [0.1, 0.15) is 33.1 Å². The minimum atomic E-state index is 0.481. The predicted molar refractivity (Wildman–Crippen MR) is 93.7 cm³/mol. The van der Waals surface area contributed by atoms with Crippen LogP contribution in [0.15, 0.2) is 28.9 Å². The maximum atomic E-state index is 6.25. The Kier molecular flexibility index (Phi) is 3.82. The molecule has 3 nitrogen and oxygen atoms in total. The zero-order valence-corrected chi connectivity index (χ0v) is 14.3. The lowest BCUT2D eigenvalue weighted by Crippen LogP contribution is -2.38. The summed E-state index contributed by atoms with van der Waals surface area (Å²) < 4.78 is 1.07. The molecule has 1 fully saturated rings. The summed E-state index contributed by atoms with van der Waals surface area (Å²) in [5.41, 5.74) is 9.67. The molecule has 0 aliphatic carbocycles. The second kappa shape index (κ2) is 5.48. The molecule has 112 valence electrons. The summed E-state index contributed by atoms with van der Waals surface area (Å²) in [5.74, 6) is 0. The summed E-state index contributed by atoms with van der Waals surface area (Å²) in [6.45, 7) is 6.83. The van der Waals surface area contributed by atoms with Crippen molar-refractivity contribution in [2.45, 2.75) is 33.1 Å². The molecule has 0 saturated carbocycles. The molecule has 2 aromatic rings. The summed E-state index contributed by atoms with van der Waals surface area (Å²) in [6.07, 6.45) is 5.49. The third-order valence-corrected chi connectivity index (χ3v) is 5.46. The molecule has 4 heteroatoms. The Morgan fingerprint density at radius 2 is 2.05 bits per heavy atom. The molecule has 1 aromatic carbocycles. The summed E-state index contributed by atoms with van der Waals surface area (Å²) in [5, 5.41) is 1.14. The zero-order chi connectivity index (χ0) is 15.0. The molecule has 3 rings (SSSR count). The van der Waals surface area contributed by atoms with Crippen LogP contribution in [0.25, 0.3) is 10.9 Å². The Morgan fingerprint density at radius 3 is 2.71 bits per heavy atom. The predicted octanol–water partition coefficient (Wildman–Crippen LogP) is 4.60. The molecule has 0 atom stereocenters. The van der Waals surface area contributed by atoms with Crippen molar-refractivity contribution in [1.29, 1.82) is 0 Å². The van der Waals surface area contributed by atoms with Crippen LogP contribution in [0.5, 0.6) is 0 Å². The molecular formula is C17H22BrN3. The van der Waals surface area contributed by atoms with Gasteiger partial charge in [0.15, 0.2) is 0 Å². The van der Waals surface area contributed by atoms with E-state index in [0.29, 0.717) is 5.41 Å². The quantitative estimate of drug-likeness (QED) is 0.863. The van der Waals surface area contributed by atoms with Crippen LogP contribution in [-0.2, 0) is 0 Å². The van der Waals surface area contributed by atoms with E-state index in [9.17, 15) is 0 Å². The van der Waals surface area contributed by atoms with Crippen LogP contribution in [0.2, 0.25) is 0 Å². The Hall–Kier alpha value is -1.29. The van der Waals surface area contributed by atoms with E-state index in [1.165, 1.54) is 19.3 Å². The van der Waals surface area contributed by atoms with Gasteiger partial charge in [-0.1, -0.05) is 36.2 Å². The summed E-state index contributed by atoms with van der Waals surface area (Å²) >= 11 is 3.56. The number of nitrogens with zero attached hydrogens (tertiary/aromatic N) is 2. The van der Waals surface area contributed by atoms with Crippen LogP contribution in [0.4, 0.5) is 11.4 Å². The number of piperidine rings is 1. The fourth-order valence-electron chi connectivity index (χ4n) is 3.14. The normalized spacial score (nSPS) is 18.1. The van der Waals surface area contributed by atoms with Crippen molar-refractivity contribution in [1.82, 2.24) is 4.98 Å². The third kappa shape index (κ3) is 2.73. The van der Waals surface area contributed by atoms with Gasteiger partial charge in [0.25, 0.3) is 0 Å². The lowest BCUT2D eigenvalue weighted by atomic mass is 9.78. The minimum absolute atomic E-state index is 0.481. The Bertz CT molecular complexity index is 655. The van der Waals surface area contributed by atoms with E-state index in [1.807, 2.05) is 12.1 Å². The molecule has 2 N–H and O–H groups in total. The van der Waals surface area contributed by atoms with Gasteiger partial charge in [-0.05, 0) is 36.5 Å². The minimum Gasteiger partial charge on any atom is -0.396 e. The molecule has 1 aliphatic rings. The van der Waals surface area contributed by atoms with Crippen LogP contribution >= 0.6 is 15.9 Å². The number of anilines is 2. The van der Waals surface area contributed by atoms with Crippen LogP contribution < -0.4 is 10.6 Å². The van der Waals surface area contributed by atoms with Crippen molar-refractivity contribution >= 4 is 38.2 Å². The number of nitrogens with two attached hydrogens (primary N) is 1. The van der Waals surface area contributed by atoms with Gasteiger partial charge in [0.2, 0.25) is 0 Å². The number of benzene rings is 1. The highest BCUT2D eigenvalue weighted by atomic mass is 79.9. The van der Waals surface area contributed by atoms with Gasteiger partial charge in [-0.2, -0.15) is 0 Å². The van der Waals surface area contributed by atoms with Crippen molar-refractivity contribution in [3.05, 3.63) is 28.9 Å². The van der Waals surface area contributed by atoms with E-state index in [-0.39, 0.29) is 0 Å². The highest BCUT2D eigenvalue weighted by Crippen LogP contribution is 2.39. The first-order valence-electron chi connectivity index (χ1n) is 7.61. The van der Waals surface area contributed by atoms with Crippen molar-refractivity contribution in [3.8, 4) is 0 Å². The smallest absolute Gasteiger partial charge is 0.0745 e. The summed E-state index contributed by atoms with van der Waals surface area (Å²) in [6, 6.07) is 6.20. The highest BCUT2D eigenvalue weighted by molar-refractivity contribution is 9.10. The SMILES string of the molecule is CCC1(C)CCN(c2c(N)cnc3ccc(Br)cc23)CC1. The van der Waals surface area contributed by atoms with Gasteiger partial charge in [0.1, 0.15) is 0 Å². The fraction of sp³-hybridized carbons (Fsp3) is 0.471. The number of aromatic nitrogens is 1. The molecule has 1 aromatic heterocycles. The average Bonchev–Trinajstić information content (AvgIpc) is 2.48. The van der Waals surface area contributed by atoms with Gasteiger partial charge in [0, 0.05) is 22.9 Å². The topological polar surface area (TPSA) is 42.1 Å². The second-order valence-corrected chi connectivity index (χ2v) is 7.29. The third-order valence-electron chi connectivity index (χ3n) is 4.97. The van der Waals surface area contributed by atoms with Crippen LogP contribution in [0.3, 0.4) is 0 Å². The number of rotatable bonds is 2. The summed E-state index contributed by atoms with van der Waals surface area (Å²) in [4.78, 5) is 6.88. The molecule has 1 aliphatic heterocycles. The maximum Gasteiger partial charge on any atom is 0.0745 e. The van der Waals surface area contributed by atoms with E-state index >= 15 is 0 Å². The first-order valence-corrected chi connectivity index (χ1v) is 8.40. The number of pyridine rings is 1. The first kappa shape index (κ1) is 14.6. The molecule has 0 amide bonds. The maximum absolute atomic E-state index is 6.25. The largest absolute Gasteiger partial charge is 0.396 e. The molecule has 0 spiro atoms. The van der Waals surface area contributed by atoms with Gasteiger partial charge in [-0.15, -0.1) is 0 Å². The van der Waals surface area contributed by atoms with E-state index in [1.54, 1.807) is 6.20 Å². The molecule has 2 heterocycles. The Morgan fingerprint density at radius 1 is 1.33 bits per heavy atom. The molecular weight excluding hydrogens is 326 g/mol. The van der Waals surface area contributed by atoms with Crippen LogP contribution in [0, 0.1) is 5.41 Å². The average molecular weight is 348 g/mol. The molecule has 21 heavy (non-hydrogen) atoms. The first-order chi connectivity index (χ1) is 10.0. The highest BCUT2D eigenvalue weighted by Gasteiger charge is 2.29. The van der Waals surface area contributed by atoms with E-state index in [4.69, 9.17) is 5.73 Å². The number of halogens is 1. The van der Waals surface area contributed by atoms with Gasteiger partial charge in [-0.3, -0.25) is 4.98 Å². The van der Waals surface area contributed by atoms with Crippen molar-refractivity contribution < 1.29 is 0 Å². The van der Waals surface area contributed by atoms with Crippen molar-refractivity contribution in [2.75, 3.05) is 23.7 Å². The summed E-state index contributed by atoms with van der Waals surface area (Å²) in [7, 11) is 0. The molecule has 1 saturated heterocycles. The number of hydrogen-bond donors (Lipinski definition) is 1. The number of hydrogen-bond acceptors (Lipinski definition) is 3. The lowest BCUT2D eigenvalue weighted by molar-refractivity contribution is 0.238. The number of fused-ring (bicyclic) bond motifs is 1. The van der Waals surface area contributed by atoms with E-state index in [0.717, 1.165) is 39.8 Å². The lowest BCUT2D eigenvalue weighted by Gasteiger charge is -2.40. The standard InChI is InChI=1S/C17H22BrN3/c1-3-17(2)6-8-21(9-7-17)16-13-10-12(18)4-5-15(13)20-11-14(16)19/h4-5,10-11H,3,6-9,19H2,1-2H3. The van der Waals surface area contributed by atoms with Crippen molar-refractivity contribution in [2.24, 2.45) is 5.41 Å².